The van der Waals surface area contributed by atoms with E-state index in [0.29, 0.717) is 6.42 Å². The minimum absolute atomic E-state index is 0.257. The van der Waals surface area contributed by atoms with Gasteiger partial charge in [-0.25, -0.2) is 4.79 Å². The lowest BCUT2D eigenvalue weighted by atomic mass is 10.1. The van der Waals surface area contributed by atoms with E-state index >= 15 is 0 Å². The van der Waals surface area contributed by atoms with Gasteiger partial charge in [-0.3, -0.25) is 0 Å². The molecule has 18 heavy (non-hydrogen) atoms. The first kappa shape index (κ1) is 12.3. The summed E-state index contributed by atoms with van der Waals surface area (Å²) in [6.45, 7) is 1.81. The van der Waals surface area contributed by atoms with Crippen molar-refractivity contribution >= 4 is 17.0 Å². The number of aromatic amines is 1. The molecule has 2 aromatic rings. The molecule has 1 aromatic heterocycles. The summed E-state index contributed by atoms with van der Waals surface area (Å²) in [4.78, 5) is 13.8. The molecule has 0 aliphatic carbocycles. The molecule has 3 N–H and O–H groups in total. The Labute approximate surface area is 105 Å². The molecule has 0 bridgehead atoms. The van der Waals surface area contributed by atoms with E-state index in [1.165, 1.54) is 0 Å². The van der Waals surface area contributed by atoms with Crippen molar-refractivity contribution in [2.75, 3.05) is 7.11 Å². The molecule has 1 atom stereocenters. The predicted octanol–water partition coefficient (Wildman–Crippen LogP) is 2.20. The fourth-order valence-electron chi connectivity index (χ4n) is 2.00. The van der Waals surface area contributed by atoms with Crippen molar-refractivity contribution in [3.63, 3.8) is 0 Å². The van der Waals surface area contributed by atoms with Crippen LogP contribution in [0.1, 0.15) is 12.5 Å². The number of ether oxygens (including phenoxy) is 2. The molecule has 0 spiro atoms. The Morgan fingerprint density at radius 3 is 2.94 bits per heavy atom. The Balaban J connectivity index is 2.25. The van der Waals surface area contributed by atoms with Crippen LogP contribution in [-0.2, 0) is 11.2 Å². The van der Waals surface area contributed by atoms with Crippen LogP contribution in [0.15, 0.2) is 24.4 Å². The van der Waals surface area contributed by atoms with Crippen LogP contribution in [0.4, 0.5) is 4.79 Å². The van der Waals surface area contributed by atoms with Gasteiger partial charge in [-0.05, 0) is 30.7 Å². The van der Waals surface area contributed by atoms with E-state index in [2.05, 4.69) is 4.98 Å². The lowest BCUT2D eigenvalue weighted by molar-refractivity contribution is 0.116. The first-order chi connectivity index (χ1) is 8.60. The second-order valence-electron chi connectivity index (χ2n) is 4.18. The molecule has 5 nitrogen and oxygen atoms in total. The Kier molecular flexibility index (Phi) is 3.41. The van der Waals surface area contributed by atoms with E-state index in [1.54, 1.807) is 7.11 Å². The van der Waals surface area contributed by atoms with Crippen LogP contribution < -0.4 is 10.5 Å². The van der Waals surface area contributed by atoms with Crippen molar-refractivity contribution in [3.8, 4) is 5.75 Å². The second-order valence-corrected chi connectivity index (χ2v) is 4.18. The lowest BCUT2D eigenvalue weighted by Crippen LogP contribution is -2.21. The van der Waals surface area contributed by atoms with Crippen LogP contribution in [0.2, 0.25) is 0 Å². The molecular formula is C13H16N2O3. The summed E-state index contributed by atoms with van der Waals surface area (Å²) in [6, 6.07) is 5.81. The molecule has 0 saturated heterocycles. The zero-order valence-corrected chi connectivity index (χ0v) is 10.4. The Hall–Kier alpha value is -2.17. The minimum Gasteiger partial charge on any atom is -0.497 e. The van der Waals surface area contributed by atoms with Gasteiger partial charge in [-0.1, -0.05) is 0 Å². The predicted molar refractivity (Wildman–Crippen MR) is 68.7 cm³/mol. The van der Waals surface area contributed by atoms with Crippen LogP contribution >= 0.6 is 0 Å². The normalized spacial score (nSPS) is 12.3. The standard InChI is InChI=1S/C13H16N2O3/c1-8(18-13(14)16)5-9-7-15-12-4-3-10(17-2)6-11(9)12/h3-4,6-8,15H,5H2,1-2H3,(H2,14,16)/t8-/m0/s1. The van der Waals surface area contributed by atoms with E-state index in [9.17, 15) is 4.79 Å². The van der Waals surface area contributed by atoms with E-state index in [4.69, 9.17) is 15.2 Å². The summed E-state index contributed by atoms with van der Waals surface area (Å²) in [7, 11) is 1.63. The highest BCUT2D eigenvalue weighted by Crippen LogP contribution is 2.24. The number of nitrogens with two attached hydrogens (primary N) is 1. The zero-order chi connectivity index (χ0) is 13.1. The third-order valence-corrected chi connectivity index (χ3v) is 2.80. The molecule has 0 fully saturated rings. The van der Waals surface area contributed by atoms with Gasteiger partial charge in [-0.2, -0.15) is 0 Å². The summed E-state index contributed by atoms with van der Waals surface area (Å²) in [6.07, 6.45) is 1.51. The van der Waals surface area contributed by atoms with Crippen molar-refractivity contribution in [2.24, 2.45) is 5.73 Å². The number of hydrogen-bond donors (Lipinski definition) is 2. The molecular weight excluding hydrogens is 232 g/mol. The van der Waals surface area contributed by atoms with Gasteiger partial charge < -0.3 is 20.2 Å². The van der Waals surface area contributed by atoms with E-state index < -0.39 is 6.09 Å². The molecule has 1 amide bonds. The average molecular weight is 248 g/mol. The van der Waals surface area contributed by atoms with Gasteiger partial charge in [0, 0.05) is 23.5 Å². The highest BCUT2D eigenvalue weighted by Gasteiger charge is 2.11. The lowest BCUT2D eigenvalue weighted by Gasteiger charge is -2.10. The first-order valence-corrected chi connectivity index (χ1v) is 5.70. The molecule has 2 rings (SSSR count). The number of carbonyl (C=O) groups excluding carboxylic acids is 1. The number of methoxy groups -OCH3 is 1. The largest absolute Gasteiger partial charge is 0.497 e. The highest BCUT2D eigenvalue weighted by molar-refractivity contribution is 5.84. The van der Waals surface area contributed by atoms with E-state index in [1.807, 2.05) is 31.3 Å². The third-order valence-electron chi connectivity index (χ3n) is 2.80. The van der Waals surface area contributed by atoms with Crippen LogP contribution in [0.5, 0.6) is 5.75 Å². The molecule has 0 aliphatic rings. The van der Waals surface area contributed by atoms with Gasteiger partial charge in [0.2, 0.25) is 0 Å². The summed E-state index contributed by atoms with van der Waals surface area (Å²) < 4.78 is 10.1. The summed E-state index contributed by atoms with van der Waals surface area (Å²) in [5.74, 6) is 0.798. The van der Waals surface area contributed by atoms with Gasteiger partial charge in [0.25, 0.3) is 0 Å². The fraction of sp³-hybridized carbons (Fsp3) is 0.308. The zero-order valence-electron chi connectivity index (χ0n) is 10.4. The number of hydrogen-bond acceptors (Lipinski definition) is 3. The second kappa shape index (κ2) is 5.00. The topological polar surface area (TPSA) is 77.3 Å². The Bertz CT molecular complexity index is 562. The molecule has 1 heterocycles. The van der Waals surface area contributed by atoms with E-state index in [0.717, 1.165) is 22.2 Å². The number of carbonyl (C=O) groups is 1. The number of benzene rings is 1. The maximum Gasteiger partial charge on any atom is 0.404 e. The number of nitrogens with one attached hydrogen (secondary N) is 1. The van der Waals surface area contributed by atoms with Gasteiger partial charge in [0.05, 0.1) is 7.11 Å². The van der Waals surface area contributed by atoms with Gasteiger partial charge >= 0.3 is 6.09 Å². The van der Waals surface area contributed by atoms with Crippen molar-refractivity contribution in [2.45, 2.75) is 19.4 Å². The smallest absolute Gasteiger partial charge is 0.404 e. The average Bonchev–Trinajstić information content (AvgIpc) is 2.70. The molecule has 96 valence electrons. The molecule has 0 radical (unpaired) electrons. The van der Waals surface area contributed by atoms with Crippen molar-refractivity contribution in [1.82, 2.24) is 4.98 Å². The summed E-state index contributed by atoms with van der Waals surface area (Å²) in [5, 5.41) is 1.06. The van der Waals surface area contributed by atoms with Crippen LogP contribution in [0.3, 0.4) is 0 Å². The van der Waals surface area contributed by atoms with Gasteiger partial charge in [0.1, 0.15) is 11.9 Å². The van der Waals surface area contributed by atoms with Gasteiger partial charge in [-0.15, -0.1) is 0 Å². The number of primary amides is 1. The maximum atomic E-state index is 10.7. The fourth-order valence-corrected chi connectivity index (χ4v) is 2.00. The number of amides is 1. The van der Waals surface area contributed by atoms with Crippen molar-refractivity contribution < 1.29 is 14.3 Å². The third kappa shape index (κ3) is 2.56. The molecule has 0 aliphatic heterocycles. The minimum atomic E-state index is -0.750. The van der Waals surface area contributed by atoms with Gasteiger partial charge in [0.15, 0.2) is 0 Å². The highest BCUT2D eigenvalue weighted by atomic mass is 16.6. The van der Waals surface area contributed by atoms with Crippen LogP contribution in [0, 0.1) is 0 Å². The SMILES string of the molecule is COc1ccc2[nH]cc(C[C@H](C)OC(N)=O)c2c1. The molecule has 0 saturated carbocycles. The number of H-pyrrole nitrogens is 1. The number of fused-ring (bicyclic) bond motifs is 1. The maximum absolute atomic E-state index is 10.7. The van der Waals surface area contributed by atoms with Crippen molar-refractivity contribution in [1.29, 1.82) is 0 Å². The summed E-state index contributed by atoms with van der Waals surface area (Å²) in [5.41, 5.74) is 7.08. The Morgan fingerprint density at radius 2 is 2.28 bits per heavy atom. The monoisotopic (exact) mass is 248 g/mol. The number of aromatic nitrogens is 1. The molecule has 1 aromatic carbocycles. The van der Waals surface area contributed by atoms with Crippen LogP contribution in [-0.4, -0.2) is 24.3 Å². The first-order valence-electron chi connectivity index (χ1n) is 5.70. The number of rotatable bonds is 4. The summed E-state index contributed by atoms with van der Waals surface area (Å²) >= 11 is 0. The van der Waals surface area contributed by atoms with Crippen molar-refractivity contribution in [3.05, 3.63) is 30.0 Å². The Morgan fingerprint density at radius 1 is 1.50 bits per heavy atom. The van der Waals surface area contributed by atoms with E-state index in [-0.39, 0.29) is 6.10 Å². The quantitative estimate of drug-likeness (QED) is 0.870. The molecule has 5 heteroatoms. The van der Waals surface area contributed by atoms with Crippen LogP contribution in [0.25, 0.3) is 10.9 Å². The molecule has 0 unspecified atom stereocenters.